The number of carbonyl (C=O) groups excluding carboxylic acids is 2. The number of nitrogens with two attached hydrogens (primary N) is 1. The summed E-state index contributed by atoms with van der Waals surface area (Å²) in [6.07, 6.45) is 3.83. The smallest absolute Gasteiger partial charge is 0.276 e. The molecule has 0 radical (unpaired) electrons. The maximum Gasteiger partial charge on any atom is 0.276 e. The van der Waals surface area contributed by atoms with E-state index in [0.29, 0.717) is 29.4 Å². The van der Waals surface area contributed by atoms with Gasteiger partial charge in [0.15, 0.2) is 0 Å². The number of primary amides is 1. The summed E-state index contributed by atoms with van der Waals surface area (Å²) in [5.74, 6) is -0.681. The Morgan fingerprint density at radius 3 is 2.58 bits per heavy atom. The Balaban J connectivity index is 1.71. The molecule has 0 atom stereocenters. The number of amides is 2. The molecular weight excluding hydrogens is 328 g/mol. The van der Waals surface area contributed by atoms with Gasteiger partial charge in [0.2, 0.25) is 0 Å². The van der Waals surface area contributed by atoms with Crippen molar-refractivity contribution in [1.29, 1.82) is 0 Å². The number of rotatable bonds is 3. The van der Waals surface area contributed by atoms with E-state index in [1.165, 1.54) is 24.6 Å². The van der Waals surface area contributed by atoms with Crippen LogP contribution in [0.3, 0.4) is 0 Å². The van der Waals surface area contributed by atoms with Crippen LogP contribution in [0, 0.1) is 13.8 Å². The van der Waals surface area contributed by atoms with Gasteiger partial charge in [-0.2, -0.15) is 0 Å². The number of hydrogen-bond acceptors (Lipinski definition) is 4. The van der Waals surface area contributed by atoms with Crippen molar-refractivity contribution in [2.75, 3.05) is 22.9 Å². The predicted octanol–water partition coefficient (Wildman–Crippen LogP) is 2.43. The van der Waals surface area contributed by atoms with Crippen molar-refractivity contribution in [2.24, 2.45) is 5.73 Å². The van der Waals surface area contributed by atoms with E-state index in [-0.39, 0.29) is 5.91 Å². The molecule has 2 amide bonds. The first-order chi connectivity index (χ1) is 12.5. The predicted molar refractivity (Wildman–Crippen MR) is 101 cm³/mol. The van der Waals surface area contributed by atoms with Crippen LogP contribution in [0.15, 0.2) is 30.5 Å². The Kier molecular flexibility index (Phi) is 3.90. The monoisotopic (exact) mass is 350 g/mol. The summed E-state index contributed by atoms with van der Waals surface area (Å²) in [6, 6.07) is 8.32. The van der Waals surface area contributed by atoms with Crippen molar-refractivity contribution < 1.29 is 9.59 Å². The number of anilines is 2. The molecule has 2 aromatic rings. The summed E-state index contributed by atoms with van der Waals surface area (Å²) in [6.45, 7) is 5.31. The van der Waals surface area contributed by atoms with Crippen LogP contribution >= 0.6 is 0 Å². The van der Waals surface area contributed by atoms with E-state index in [2.05, 4.69) is 22.9 Å². The minimum absolute atomic E-state index is 0.147. The number of aromatic nitrogens is 1. The summed E-state index contributed by atoms with van der Waals surface area (Å²) in [5.41, 5.74) is 9.94. The standard InChI is InChI=1S/C20H22N4O2/c1-12-4-3-5-17-18(12)23(14-6-7-14)8-9-24(17)20(26)16-10-13(2)15(11-22-16)19(21)25/h3-5,10-11,14H,6-9H2,1-2H3,(H2,21,25). The number of benzene rings is 1. The van der Waals surface area contributed by atoms with Gasteiger partial charge in [-0.25, -0.2) is 0 Å². The molecular formula is C20H22N4O2. The van der Waals surface area contributed by atoms with Crippen molar-refractivity contribution >= 4 is 23.2 Å². The number of para-hydroxylation sites is 1. The Labute approximate surface area is 152 Å². The molecule has 2 N–H and O–H groups in total. The lowest BCUT2D eigenvalue weighted by molar-refractivity contribution is 0.0974. The molecule has 6 heteroatoms. The maximum absolute atomic E-state index is 13.1. The Morgan fingerprint density at radius 1 is 1.15 bits per heavy atom. The summed E-state index contributed by atoms with van der Waals surface area (Å²) < 4.78 is 0. The number of fused-ring (bicyclic) bond motifs is 1. The van der Waals surface area contributed by atoms with Crippen molar-refractivity contribution in [3.63, 3.8) is 0 Å². The highest BCUT2D eigenvalue weighted by Crippen LogP contribution is 2.42. The van der Waals surface area contributed by atoms with Crippen LogP contribution in [-0.4, -0.2) is 35.9 Å². The first kappa shape index (κ1) is 16.6. The molecule has 1 aromatic carbocycles. The Morgan fingerprint density at radius 2 is 1.92 bits per heavy atom. The molecule has 0 unspecified atom stereocenters. The van der Waals surface area contributed by atoms with Crippen molar-refractivity contribution in [2.45, 2.75) is 32.7 Å². The Bertz CT molecular complexity index is 905. The number of hydrogen-bond donors (Lipinski definition) is 1. The van der Waals surface area contributed by atoms with Crippen LogP contribution < -0.4 is 15.5 Å². The van der Waals surface area contributed by atoms with E-state index in [1.54, 1.807) is 17.9 Å². The fraction of sp³-hybridized carbons (Fsp3) is 0.350. The average Bonchev–Trinajstić information content (AvgIpc) is 3.45. The quantitative estimate of drug-likeness (QED) is 0.922. The van der Waals surface area contributed by atoms with Crippen molar-refractivity contribution in [1.82, 2.24) is 4.98 Å². The third-order valence-corrected chi connectivity index (χ3v) is 5.19. The highest BCUT2D eigenvalue weighted by atomic mass is 16.2. The van der Waals surface area contributed by atoms with Crippen LogP contribution in [0.5, 0.6) is 0 Å². The van der Waals surface area contributed by atoms with Crippen LogP contribution in [0.25, 0.3) is 0 Å². The van der Waals surface area contributed by atoms with Gasteiger partial charge in [0.25, 0.3) is 11.8 Å². The van der Waals surface area contributed by atoms with Gasteiger partial charge in [-0.05, 0) is 49.9 Å². The third kappa shape index (κ3) is 2.71. The molecule has 134 valence electrons. The minimum Gasteiger partial charge on any atom is -0.366 e. The van der Waals surface area contributed by atoms with Gasteiger partial charge < -0.3 is 15.5 Å². The molecule has 1 saturated carbocycles. The van der Waals surface area contributed by atoms with Crippen molar-refractivity contribution in [3.8, 4) is 0 Å². The van der Waals surface area contributed by atoms with E-state index < -0.39 is 5.91 Å². The van der Waals surface area contributed by atoms with Gasteiger partial charge in [-0.3, -0.25) is 14.6 Å². The van der Waals surface area contributed by atoms with Gasteiger partial charge in [0.1, 0.15) is 5.69 Å². The van der Waals surface area contributed by atoms with Crippen LogP contribution in [0.1, 0.15) is 44.8 Å². The average molecular weight is 350 g/mol. The second kappa shape index (κ2) is 6.12. The fourth-order valence-corrected chi connectivity index (χ4v) is 3.71. The molecule has 2 heterocycles. The van der Waals surface area contributed by atoms with Crippen LogP contribution in [0.2, 0.25) is 0 Å². The van der Waals surface area contributed by atoms with E-state index in [0.717, 1.165) is 17.9 Å². The molecule has 0 saturated heterocycles. The topological polar surface area (TPSA) is 79.5 Å². The molecule has 6 nitrogen and oxygen atoms in total. The molecule has 1 aliphatic heterocycles. The number of aryl methyl sites for hydroxylation is 2. The summed E-state index contributed by atoms with van der Waals surface area (Å²) in [4.78, 5) is 32.9. The first-order valence-corrected chi connectivity index (χ1v) is 8.92. The van der Waals surface area contributed by atoms with Crippen molar-refractivity contribution in [3.05, 3.63) is 52.8 Å². The molecule has 0 spiro atoms. The number of nitrogens with zero attached hydrogens (tertiary/aromatic N) is 3. The van der Waals surface area contributed by atoms with E-state index in [4.69, 9.17) is 5.73 Å². The maximum atomic E-state index is 13.1. The van der Waals surface area contributed by atoms with Crippen LogP contribution in [0.4, 0.5) is 11.4 Å². The lowest BCUT2D eigenvalue weighted by Crippen LogP contribution is -2.45. The van der Waals surface area contributed by atoms with E-state index >= 15 is 0 Å². The Hall–Kier alpha value is -2.89. The lowest BCUT2D eigenvalue weighted by atomic mass is 10.1. The fourth-order valence-electron chi connectivity index (χ4n) is 3.71. The molecule has 1 aliphatic carbocycles. The minimum atomic E-state index is -0.534. The largest absolute Gasteiger partial charge is 0.366 e. The SMILES string of the molecule is Cc1cc(C(=O)N2CCN(C3CC3)c3c(C)cccc32)ncc1C(N)=O. The molecule has 1 aromatic heterocycles. The summed E-state index contributed by atoms with van der Waals surface area (Å²) >= 11 is 0. The molecule has 4 rings (SSSR count). The second-order valence-electron chi connectivity index (χ2n) is 7.07. The molecule has 26 heavy (non-hydrogen) atoms. The number of pyridine rings is 1. The van der Waals surface area contributed by atoms with Gasteiger partial charge >= 0.3 is 0 Å². The highest BCUT2D eigenvalue weighted by molar-refractivity contribution is 6.08. The zero-order valence-corrected chi connectivity index (χ0v) is 15.0. The summed E-state index contributed by atoms with van der Waals surface area (Å²) in [7, 11) is 0. The van der Waals surface area contributed by atoms with Gasteiger partial charge in [-0.1, -0.05) is 12.1 Å². The molecule has 0 bridgehead atoms. The first-order valence-electron chi connectivity index (χ1n) is 8.92. The van der Waals surface area contributed by atoms with Crippen LogP contribution in [-0.2, 0) is 0 Å². The molecule has 1 fully saturated rings. The zero-order valence-electron chi connectivity index (χ0n) is 15.0. The van der Waals surface area contributed by atoms with E-state index in [9.17, 15) is 9.59 Å². The van der Waals surface area contributed by atoms with E-state index in [1.807, 2.05) is 12.1 Å². The van der Waals surface area contributed by atoms with Gasteiger partial charge in [-0.15, -0.1) is 0 Å². The van der Waals surface area contributed by atoms with Gasteiger partial charge in [0.05, 0.1) is 16.9 Å². The lowest BCUT2D eigenvalue weighted by Gasteiger charge is -2.39. The summed E-state index contributed by atoms with van der Waals surface area (Å²) in [5, 5.41) is 0. The van der Waals surface area contributed by atoms with Gasteiger partial charge in [0, 0.05) is 25.3 Å². The third-order valence-electron chi connectivity index (χ3n) is 5.19. The normalized spacial score (nSPS) is 16.4. The zero-order chi connectivity index (χ0) is 18.4. The second-order valence-corrected chi connectivity index (χ2v) is 7.07. The number of carbonyl (C=O) groups is 2. The highest BCUT2D eigenvalue weighted by Gasteiger charge is 2.36. The molecule has 2 aliphatic rings.